The monoisotopic (exact) mass is 477 g/mol. The Labute approximate surface area is 191 Å². The lowest BCUT2D eigenvalue weighted by molar-refractivity contribution is -0.937. The topological polar surface area (TPSA) is 92.9 Å². The number of thiophene rings is 1. The average molecular weight is 478 g/mol. The second-order valence-corrected chi connectivity index (χ2v) is 12.1. The summed E-state index contributed by atoms with van der Waals surface area (Å²) in [7, 11) is -3.68. The molecule has 32 heavy (non-hydrogen) atoms. The van der Waals surface area contributed by atoms with Crippen molar-refractivity contribution in [2.24, 2.45) is 5.92 Å². The highest BCUT2D eigenvalue weighted by Gasteiger charge is 2.42. The van der Waals surface area contributed by atoms with Crippen LogP contribution in [0.25, 0.3) is 0 Å². The summed E-state index contributed by atoms with van der Waals surface area (Å²) >= 11 is 1.18. The molecule has 0 spiro atoms. The molecule has 0 aromatic carbocycles. The number of hydrogen-bond donors (Lipinski definition) is 2. The third-order valence-corrected chi connectivity index (χ3v) is 10.0. The quantitative estimate of drug-likeness (QED) is 0.679. The van der Waals surface area contributed by atoms with Crippen molar-refractivity contribution in [1.82, 2.24) is 9.47 Å². The first-order valence-electron chi connectivity index (χ1n) is 11.2. The maximum Gasteiger partial charge on any atom is 0.271 e. The third kappa shape index (κ3) is 3.99. The molecule has 8 nitrogen and oxygen atoms in total. The number of nitrogens with zero attached hydrogens (tertiary/aromatic N) is 2. The van der Waals surface area contributed by atoms with E-state index in [1.54, 1.807) is 35.1 Å². The summed E-state index contributed by atoms with van der Waals surface area (Å²) in [5, 5.41) is 1.74. The molecule has 0 aliphatic carbocycles. The summed E-state index contributed by atoms with van der Waals surface area (Å²) in [4.78, 5) is 27.8. The van der Waals surface area contributed by atoms with E-state index in [4.69, 9.17) is 0 Å². The van der Waals surface area contributed by atoms with Crippen LogP contribution in [0.1, 0.15) is 37.8 Å². The molecule has 10 heteroatoms. The number of anilines is 1. The van der Waals surface area contributed by atoms with E-state index >= 15 is 0 Å². The van der Waals surface area contributed by atoms with Crippen LogP contribution in [0.3, 0.4) is 0 Å². The molecule has 0 radical (unpaired) electrons. The number of pyridine rings is 1. The molecule has 172 valence electrons. The number of aromatic nitrogens is 1. The van der Waals surface area contributed by atoms with Gasteiger partial charge in [-0.3, -0.25) is 14.3 Å². The van der Waals surface area contributed by atoms with Crippen molar-refractivity contribution in [2.75, 3.05) is 30.9 Å². The fraction of sp³-hybridized carbons (Fsp3) is 0.545. The van der Waals surface area contributed by atoms with Gasteiger partial charge in [0, 0.05) is 51.4 Å². The maximum atomic E-state index is 12.9. The minimum atomic E-state index is -3.68. The van der Waals surface area contributed by atoms with Crippen molar-refractivity contribution in [1.29, 1.82) is 0 Å². The molecule has 0 saturated carbocycles. The molecule has 1 unspecified atom stereocenters. The Kier molecular flexibility index (Phi) is 5.63. The van der Waals surface area contributed by atoms with Gasteiger partial charge in [0.1, 0.15) is 4.21 Å². The molecule has 1 amide bonds. The van der Waals surface area contributed by atoms with Crippen LogP contribution in [0.5, 0.6) is 0 Å². The van der Waals surface area contributed by atoms with Gasteiger partial charge in [0.15, 0.2) is 0 Å². The summed E-state index contributed by atoms with van der Waals surface area (Å²) in [5.41, 5.74) is 1.29. The number of sulfonamides is 1. The average Bonchev–Trinajstić information content (AvgIpc) is 3.31. The molecule has 2 aromatic heterocycles. The van der Waals surface area contributed by atoms with Gasteiger partial charge in [0.25, 0.3) is 15.6 Å². The number of amides is 1. The summed E-state index contributed by atoms with van der Waals surface area (Å²) in [6.45, 7) is 5.79. The molecule has 2 N–H and O–H groups in total. The van der Waals surface area contributed by atoms with Crippen molar-refractivity contribution < 1.29 is 18.1 Å². The normalized spacial score (nSPS) is 25.9. The van der Waals surface area contributed by atoms with Gasteiger partial charge in [-0.1, -0.05) is 6.07 Å². The highest BCUT2D eigenvalue weighted by molar-refractivity contribution is 7.94. The number of quaternary nitrogens is 1. The van der Waals surface area contributed by atoms with Crippen LogP contribution in [0.4, 0.5) is 5.69 Å². The van der Waals surface area contributed by atoms with E-state index in [0.717, 1.165) is 51.1 Å². The van der Waals surface area contributed by atoms with Gasteiger partial charge in [-0.15, -0.1) is 11.3 Å². The van der Waals surface area contributed by atoms with Crippen LogP contribution in [-0.2, 0) is 21.4 Å². The minimum Gasteiger partial charge on any atom is -0.342 e. The number of rotatable bonds is 4. The first-order chi connectivity index (χ1) is 15.3. The van der Waals surface area contributed by atoms with Gasteiger partial charge in [-0.05, 0) is 23.9 Å². The molecule has 2 saturated heterocycles. The van der Waals surface area contributed by atoms with Gasteiger partial charge >= 0.3 is 0 Å². The fourth-order valence-corrected chi connectivity index (χ4v) is 7.87. The van der Waals surface area contributed by atoms with Crippen molar-refractivity contribution in [3.63, 3.8) is 0 Å². The van der Waals surface area contributed by atoms with Gasteiger partial charge in [0.2, 0.25) is 5.91 Å². The molecule has 3 aliphatic rings. The molecule has 3 atom stereocenters. The third-order valence-electron chi connectivity index (χ3n) is 7.25. The minimum absolute atomic E-state index is 0.0630. The number of carbonyl (C=O) groups excluding carboxylic acids is 1. The fourth-order valence-electron chi connectivity index (χ4n) is 5.80. The van der Waals surface area contributed by atoms with E-state index in [9.17, 15) is 18.0 Å². The zero-order valence-corrected chi connectivity index (χ0v) is 19.8. The number of hydrogen-bond acceptors (Lipinski definition) is 5. The Morgan fingerprint density at radius 1 is 1.19 bits per heavy atom. The Morgan fingerprint density at radius 3 is 2.66 bits per heavy atom. The van der Waals surface area contributed by atoms with Gasteiger partial charge in [-0.2, -0.15) is 0 Å². The van der Waals surface area contributed by atoms with E-state index in [1.165, 1.54) is 22.3 Å². The Balaban J connectivity index is 1.41. The summed E-state index contributed by atoms with van der Waals surface area (Å²) in [6.07, 6.45) is 2.97. The predicted molar refractivity (Wildman–Crippen MR) is 123 cm³/mol. The van der Waals surface area contributed by atoms with Crippen LogP contribution < -0.4 is 15.2 Å². The molecule has 2 aromatic rings. The van der Waals surface area contributed by atoms with Crippen molar-refractivity contribution >= 4 is 33.0 Å². The van der Waals surface area contributed by atoms with Crippen LogP contribution in [0.2, 0.25) is 0 Å². The molecule has 2 bridgehead atoms. The number of carbonyl (C=O) groups is 1. The van der Waals surface area contributed by atoms with E-state index in [0.29, 0.717) is 24.2 Å². The number of piperidine rings is 2. The van der Waals surface area contributed by atoms with Gasteiger partial charge < -0.3 is 14.4 Å². The van der Waals surface area contributed by atoms with Crippen LogP contribution in [0, 0.1) is 5.92 Å². The second-order valence-electron chi connectivity index (χ2n) is 9.26. The first kappa shape index (κ1) is 21.7. The number of nitrogens with one attached hydrogen (secondary N) is 2. The Morgan fingerprint density at radius 2 is 1.97 bits per heavy atom. The molecule has 5 heterocycles. The van der Waals surface area contributed by atoms with Gasteiger partial charge in [0.05, 0.1) is 36.4 Å². The van der Waals surface area contributed by atoms with E-state index < -0.39 is 10.0 Å². The Bertz CT molecular complexity index is 1170. The van der Waals surface area contributed by atoms with E-state index in [2.05, 4.69) is 4.72 Å². The number of likely N-dealkylation sites (tertiary alicyclic amines) is 2. The zero-order valence-electron chi connectivity index (χ0n) is 18.1. The van der Waals surface area contributed by atoms with Crippen LogP contribution in [-0.4, -0.2) is 56.0 Å². The number of fused-ring (bicyclic) bond motifs is 4. The summed E-state index contributed by atoms with van der Waals surface area (Å²) in [5.74, 6) is 0.687. The first-order valence-corrected chi connectivity index (χ1v) is 13.6. The SMILES string of the molecule is CC(=O)N1CCC([NH+]2C[C@@H]3C[C@H](C2)c2c(NS(=O)(=O)c4cccs4)ccc(=O)n2C3)CC1. The highest BCUT2D eigenvalue weighted by atomic mass is 32.2. The van der Waals surface area contributed by atoms with Crippen LogP contribution >= 0.6 is 11.3 Å². The molecule has 2 fully saturated rings. The molecule has 5 rings (SSSR count). The van der Waals surface area contributed by atoms with E-state index in [-0.39, 0.29) is 21.6 Å². The lowest BCUT2D eigenvalue weighted by atomic mass is 9.81. The van der Waals surface area contributed by atoms with Gasteiger partial charge in [-0.25, -0.2) is 8.42 Å². The predicted octanol–water partition coefficient (Wildman–Crippen LogP) is 0.724. The molecular weight excluding hydrogens is 448 g/mol. The van der Waals surface area contributed by atoms with Crippen molar-refractivity contribution in [2.45, 2.75) is 48.9 Å². The van der Waals surface area contributed by atoms with Crippen molar-refractivity contribution in [3.05, 3.63) is 45.7 Å². The maximum absolute atomic E-state index is 12.9. The summed E-state index contributed by atoms with van der Waals surface area (Å²) in [6, 6.07) is 6.90. The van der Waals surface area contributed by atoms with E-state index in [1.807, 2.05) is 4.90 Å². The highest BCUT2D eigenvalue weighted by Crippen LogP contribution is 2.36. The second kappa shape index (κ2) is 8.31. The lowest BCUT2D eigenvalue weighted by Crippen LogP contribution is -3.18. The molecular formula is C22H29N4O4S2+. The Hall–Kier alpha value is -2.17. The largest absolute Gasteiger partial charge is 0.342 e. The van der Waals surface area contributed by atoms with Crippen LogP contribution in [0.15, 0.2) is 38.6 Å². The standard InChI is InChI=1S/C22H28N4O4S2/c1-15(27)24-8-6-18(7-9-24)25-12-16-11-17(14-25)22-19(4-5-20(28)26(22)13-16)23-32(29,30)21-3-2-10-31-21/h2-5,10,16-18,23H,6-9,11-14H2,1H3/p+1/t16-,17+/m0/s1. The lowest BCUT2D eigenvalue weighted by Gasteiger charge is -2.45. The smallest absolute Gasteiger partial charge is 0.271 e. The zero-order chi connectivity index (χ0) is 22.5. The van der Waals surface area contributed by atoms with Crippen molar-refractivity contribution in [3.8, 4) is 0 Å². The summed E-state index contributed by atoms with van der Waals surface area (Å²) < 4.78 is 30.6. The molecule has 3 aliphatic heterocycles.